The zero-order valence-electron chi connectivity index (χ0n) is 8.40. The summed E-state index contributed by atoms with van der Waals surface area (Å²) in [4.78, 5) is 0. The van der Waals surface area contributed by atoms with Crippen molar-refractivity contribution in [2.45, 2.75) is 26.2 Å². The maximum Gasteiger partial charge on any atom is 0.164 e. The van der Waals surface area contributed by atoms with E-state index in [1.807, 2.05) is 12.2 Å². The Morgan fingerprint density at radius 3 is 2.79 bits per heavy atom. The summed E-state index contributed by atoms with van der Waals surface area (Å²) >= 11 is 0. The van der Waals surface area contributed by atoms with Gasteiger partial charge >= 0.3 is 0 Å². The van der Waals surface area contributed by atoms with E-state index < -0.39 is 0 Å². The largest absolute Gasteiger partial charge is 0.504 e. The molecule has 0 radical (unpaired) electrons. The minimum Gasteiger partial charge on any atom is -0.504 e. The first kappa shape index (κ1) is 10.6. The Balaban J connectivity index is 2.67. The first-order valence-electron chi connectivity index (χ1n) is 4.93. The van der Waals surface area contributed by atoms with E-state index in [4.69, 9.17) is 0 Å². The van der Waals surface area contributed by atoms with Crippen LogP contribution in [0.2, 0.25) is 0 Å². The fourth-order valence-electron chi connectivity index (χ4n) is 1.22. The summed E-state index contributed by atoms with van der Waals surface area (Å²) in [6.07, 6.45) is 7.17. The maximum atomic E-state index is 9.45. The van der Waals surface area contributed by atoms with Gasteiger partial charge in [-0.3, -0.25) is 0 Å². The van der Waals surface area contributed by atoms with Crippen LogP contribution >= 0.6 is 0 Å². The molecule has 1 aromatic carbocycles. The predicted molar refractivity (Wildman–Crippen MR) is 58.3 cm³/mol. The van der Waals surface area contributed by atoms with Crippen molar-refractivity contribution in [1.82, 2.24) is 0 Å². The van der Waals surface area contributed by atoms with Gasteiger partial charge in [0.1, 0.15) is 0 Å². The second-order valence-electron chi connectivity index (χ2n) is 3.26. The van der Waals surface area contributed by atoms with Gasteiger partial charge in [-0.2, -0.15) is 0 Å². The van der Waals surface area contributed by atoms with Crippen molar-refractivity contribution in [3.63, 3.8) is 0 Å². The first-order chi connectivity index (χ1) is 6.75. The molecule has 0 amide bonds. The van der Waals surface area contributed by atoms with Gasteiger partial charge in [0.2, 0.25) is 0 Å². The molecule has 0 aliphatic heterocycles. The van der Waals surface area contributed by atoms with Crippen LogP contribution in [0.1, 0.15) is 31.7 Å². The number of para-hydroxylation sites is 1. The molecule has 0 aliphatic rings. The third-order valence-electron chi connectivity index (χ3n) is 2.07. The average molecular weight is 192 g/mol. The predicted octanol–water partition coefficient (Wildman–Crippen LogP) is 3.30. The highest BCUT2D eigenvalue weighted by Gasteiger charge is 2.01. The van der Waals surface area contributed by atoms with Gasteiger partial charge in [0.25, 0.3) is 0 Å². The molecule has 1 rings (SSSR count). The summed E-state index contributed by atoms with van der Waals surface area (Å²) in [5.41, 5.74) is 0.668. The Hall–Kier alpha value is -1.44. The quantitative estimate of drug-likeness (QED) is 0.567. The zero-order chi connectivity index (χ0) is 10.4. The molecule has 0 atom stereocenters. The SMILES string of the molecule is CCCCC=Cc1cccc(O)c1O. The molecule has 0 saturated heterocycles. The van der Waals surface area contributed by atoms with Crippen LogP contribution < -0.4 is 0 Å². The average Bonchev–Trinajstić information content (AvgIpc) is 2.19. The number of allylic oxidation sites excluding steroid dienone is 1. The van der Waals surface area contributed by atoms with Gasteiger partial charge in [-0.05, 0) is 12.5 Å². The van der Waals surface area contributed by atoms with Crippen LogP contribution in [0.15, 0.2) is 24.3 Å². The third kappa shape index (κ3) is 2.80. The summed E-state index contributed by atoms with van der Waals surface area (Å²) in [6.45, 7) is 2.14. The van der Waals surface area contributed by atoms with Crippen LogP contribution in [0, 0.1) is 0 Å². The van der Waals surface area contributed by atoms with E-state index >= 15 is 0 Å². The Morgan fingerprint density at radius 2 is 2.07 bits per heavy atom. The van der Waals surface area contributed by atoms with Crippen LogP contribution in [0.5, 0.6) is 11.5 Å². The van der Waals surface area contributed by atoms with E-state index in [0.29, 0.717) is 5.56 Å². The van der Waals surface area contributed by atoms with Crippen LogP contribution in [-0.4, -0.2) is 10.2 Å². The van der Waals surface area contributed by atoms with Crippen molar-refractivity contribution in [1.29, 1.82) is 0 Å². The highest BCUT2D eigenvalue weighted by atomic mass is 16.3. The van der Waals surface area contributed by atoms with Crippen molar-refractivity contribution in [3.05, 3.63) is 29.8 Å². The molecule has 1 aromatic rings. The van der Waals surface area contributed by atoms with Gasteiger partial charge in [-0.15, -0.1) is 0 Å². The highest BCUT2D eigenvalue weighted by molar-refractivity contribution is 5.61. The Bertz CT molecular complexity index is 316. The maximum absolute atomic E-state index is 9.45. The topological polar surface area (TPSA) is 40.5 Å². The smallest absolute Gasteiger partial charge is 0.164 e. The van der Waals surface area contributed by atoms with Gasteiger partial charge in [0, 0.05) is 5.56 Å². The van der Waals surface area contributed by atoms with Crippen molar-refractivity contribution < 1.29 is 10.2 Å². The molecule has 0 unspecified atom stereocenters. The van der Waals surface area contributed by atoms with Gasteiger partial charge < -0.3 is 10.2 Å². The lowest BCUT2D eigenvalue weighted by Crippen LogP contribution is -1.75. The first-order valence-corrected chi connectivity index (χ1v) is 4.93. The molecule has 0 aromatic heterocycles. The summed E-state index contributed by atoms with van der Waals surface area (Å²) in [5, 5.41) is 18.7. The Morgan fingerprint density at radius 1 is 1.29 bits per heavy atom. The number of phenolic OH excluding ortho intramolecular Hbond substituents is 2. The molecule has 14 heavy (non-hydrogen) atoms. The molecule has 0 fully saturated rings. The standard InChI is InChI=1S/C12H16O2/c1-2-3-4-5-7-10-8-6-9-11(13)12(10)14/h5-9,13-14H,2-4H2,1H3. The molecule has 0 saturated carbocycles. The number of aromatic hydroxyl groups is 2. The van der Waals surface area contributed by atoms with E-state index in [2.05, 4.69) is 6.92 Å². The number of unbranched alkanes of at least 4 members (excludes halogenated alkanes) is 2. The lowest BCUT2D eigenvalue weighted by atomic mass is 10.1. The number of phenols is 2. The number of rotatable bonds is 4. The molecule has 2 nitrogen and oxygen atoms in total. The number of benzene rings is 1. The van der Waals surface area contributed by atoms with E-state index in [1.165, 1.54) is 6.07 Å². The second-order valence-corrected chi connectivity index (χ2v) is 3.26. The van der Waals surface area contributed by atoms with E-state index in [9.17, 15) is 10.2 Å². The van der Waals surface area contributed by atoms with Crippen molar-refractivity contribution in [2.75, 3.05) is 0 Å². The Kier molecular flexibility index (Phi) is 4.05. The third-order valence-corrected chi connectivity index (χ3v) is 2.07. The summed E-state index contributed by atoms with van der Waals surface area (Å²) in [7, 11) is 0. The minimum atomic E-state index is -0.0670. The summed E-state index contributed by atoms with van der Waals surface area (Å²) < 4.78 is 0. The molecule has 0 aliphatic carbocycles. The van der Waals surface area contributed by atoms with Crippen LogP contribution in [0.4, 0.5) is 0 Å². The fraction of sp³-hybridized carbons (Fsp3) is 0.333. The van der Waals surface area contributed by atoms with Crippen LogP contribution in [-0.2, 0) is 0 Å². The summed E-state index contributed by atoms with van der Waals surface area (Å²) in [6, 6.07) is 4.96. The highest BCUT2D eigenvalue weighted by Crippen LogP contribution is 2.29. The van der Waals surface area contributed by atoms with Gasteiger partial charge in [0.15, 0.2) is 11.5 Å². The molecular weight excluding hydrogens is 176 g/mol. The summed E-state index contributed by atoms with van der Waals surface area (Å²) in [5.74, 6) is -0.108. The fourth-order valence-corrected chi connectivity index (χ4v) is 1.22. The van der Waals surface area contributed by atoms with E-state index in [1.54, 1.807) is 12.1 Å². The molecule has 0 bridgehead atoms. The van der Waals surface area contributed by atoms with Gasteiger partial charge in [-0.25, -0.2) is 0 Å². The Labute approximate surface area is 84.5 Å². The molecule has 2 heteroatoms. The lowest BCUT2D eigenvalue weighted by molar-refractivity contribution is 0.403. The number of hydrogen-bond donors (Lipinski definition) is 2. The zero-order valence-corrected chi connectivity index (χ0v) is 8.40. The molecule has 0 heterocycles. The molecular formula is C12H16O2. The van der Waals surface area contributed by atoms with Crippen molar-refractivity contribution in [3.8, 4) is 11.5 Å². The van der Waals surface area contributed by atoms with Crippen molar-refractivity contribution in [2.24, 2.45) is 0 Å². The normalized spacial score (nSPS) is 10.9. The monoisotopic (exact) mass is 192 g/mol. The minimum absolute atomic E-state index is 0.0414. The molecule has 0 spiro atoms. The van der Waals surface area contributed by atoms with Gasteiger partial charge in [-0.1, -0.05) is 44.1 Å². The number of hydrogen-bond acceptors (Lipinski definition) is 2. The molecule has 2 N–H and O–H groups in total. The second kappa shape index (κ2) is 5.32. The van der Waals surface area contributed by atoms with Gasteiger partial charge in [0.05, 0.1) is 0 Å². The van der Waals surface area contributed by atoms with E-state index in [-0.39, 0.29) is 11.5 Å². The van der Waals surface area contributed by atoms with Crippen LogP contribution in [0.25, 0.3) is 6.08 Å². The van der Waals surface area contributed by atoms with Crippen molar-refractivity contribution >= 4 is 6.08 Å². The van der Waals surface area contributed by atoms with E-state index in [0.717, 1.165) is 19.3 Å². The molecule has 76 valence electrons. The lowest BCUT2D eigenvalue weighted by Gasteiger charge is -2.00. The van der Waals surface area contributed by atoms with Crippen LogP contribution in [0.3, 0.4) is 0 Å².